The summed E-state index contributed by atoms with van der Waals surface area (Å²) in [5, 5.41) is 1.93. The minimum Gasteiger partial charge on any atom is -0.494 e. The molecule has 0 atom stereocenters. The summed E-state index contributed by atoms with van der Waals surface area (Å²) in [5.74, 6) is -0.646. The summed E-state index contributed by atoms with van der Waals surface area (Å²) in [5.41, 5.74) is -3.46. The van der Waals surface area contributed by atoms with Gasteiger partial charge in [-0.3, -0.25) is 4.79 Å². The molecule has 188 valence electrons. The van der Waals surface area contributed by atoms with Crippen LogP contribution >= 0.6 is 0 Å². The number of carbonyl (C=O) groups excluding carboxylic acids is 1. The second kappa shape index (κ2) is 10.2. The van der Waals surface area contributed by atoms with Gasteiger partial charge in [-0.25, -0.2) is 8.42 Å². The molecule has 2 aromatic carbocycles. The second-order valence-electron chi connectivity index (χ2n) is 7.13. The third-order valence-electron chi connectivity index (χ3n) is 4.63. The molecule has 0 aliphatic carbocycles. The molecule has 0 spiro atoms. The Bertz CT molecular complexity index is 1110. The zero-order valence-electron chi connectivity index (χ0n) is 18.3. The number of alkyl halides is 6. The lowest BCUT2D eigenvalue weighted by molar-refractivity contribution is -0.143. The van der Waals surface area contributed by atoms with Crippen LogP contribution in [0.5, 0.6) is 5.75 Å². The highest BCUT2D eigenvalue weighted by molar-refractivity contribution is 7.89. The number of anilines is 1. The van der Waals surface area contributed by atoms with E-state index in [9.17, 15) is 39.6 Å². The maximum Gasteiger partial charge on any atom is 0.416 e. The number of nitrogens with zero attached hydrogens (tertiary/aromatic N) is 1. The van der Waals surface area contributed by atoms with Crippen LogP contribution in [0.2, 0.25) is 0 Å². The molecule has 0 fully saturated rings. The predicted octanol–water partition coefficient (Wildman–Crippen LogP) is 5.08. The summed E-state index contributed by atoms with van der Waals surface area (Å²) < 4.78 is 110. The zero-order valence-corrected chi connectivity index (χ0v) is 19.2. The van der Waals surface area contributed by atoms with Crippen LogP contribution in [-0.4, -0.2) is 38.3 Å². The highest BCUT2D eigenvalue weighted by atomic mass is 32.2. The van der Waals surface area contributed by atoms with Crippen molar-refractivity contribution in [3.05, 3.63) is 53.1 Å². The molecule has 0 radical (unpaired) electrons. The Morgan fingerprint density at radius 3 is 1.97 bits per heavy atom. The van der Waals surface area contributed by atoms with Crippen LogP contribution in [0.3, 0.4) is 0 Å². The highest BCUT2D eigenvalue weighted by Crippen LogP contribution is 2.37. The first kappa shape index (κ1) is 27.4. The average molecular weight is 512 g/mol. The number of benzene rings is 2. The molecule has 1 amide bonds. The van der Waals surface area contributed by atoms with Gasteiger partial charge in [-0.15, -0.1) is 0 Å². The molecule has 1 N–H and O–H groups in total. The summed E-state index contributed by atoms with van der Waals surface area (Å²) in [6.45, 7) is 4.15. The number of likely N-dealkylation sites (N-methyl/N-ethyl adjacent to an activating group) is 1. The fourth-order valence-corrected chi connectivity index (χ4v) is 4.49. The Hall–Kier alpha value is -2.80. The van der Waals surface area contributed by atoms with Crippen LogP contribution in [-0.2, 0) is 27.2 Å². The van der Waals surface area contributed by atoms with Crippen molar-refractivity contribution in [3.8, 4) is 5.75 Å². The van der Waals surface area contributed by atoms with Crippen molar-refractivity contribution in [3.63, 3.8) is 0 Å². The van der Waals surface area contributed by atoms with Crippen LogP contribution < -0.4 is 10.1 Å². The van der Waals surface area contributed by atoms with Crippen molar-refractivity contribution in [2.75, 3.05) is 25.0 Å². The number of ether oxygens (including phenoxy) is 1. The van der Waals surface area contributed by atoms with Gasteiger partial charge in [0.1, 0.15) is 5.75 Å². The van der Waals surface area contributed by atoms with E-state index in [0.717, 1.165) is 4.31 Å². The third-order valence-corrected chi connectivity index (χ3v) is 6.54. The van der Waals surface area contributed by atoms with Gasteiger partial charge in [-0.2, -0.15) is 30.6 Å². The fraction of sp³-hybridized carbons (Fsp3) is 0.381. The Morgan fingerprint density at radius 2 is 1.53 bits per heavy atom. The Morgan fingerprint density at radius 1 is 0.971 bits per heavy atom. The first-order valence-electron chi connectivity index (χ1n) is 9.92. The van der Waals surface area contributed by atoms with Gasteiger partial charge in [0, 0.05) is 12.2 Å². The van der Waals surface area contributed by atoms with Crippen LogP contribution in [0.4, 0.5) is 32.0 Å². The summed E-state index contributed by atoms with van der Waals surface area (Å²) in [6, 6.07) is 4.66. The summed E-state index contributed by atoms with van der Waals surface area (Å²) in [6.07, 6.45) is -10.2. The lowest BCUT2D eigenvalue weighted by Crippen LogP contribution is -2.38. The summed E-state index contributed by atoms with van der Waals surface area (Å²) in [4.78, 5) is 12.2. The Labute approximate surface area is 192 Å². The van der Waals surface area contributed by atoms with E-state index in [-0.39, 0.29) is 17.5 Å². The number of hydrogen-bond acceptors (Lipinski definition) is 4. The van der Waals surface area contributed by atoms with E-state index in [0.29, 0.717) is 30.1 Å². The molecule has 6 nitrogen and oxygen atoms in total. The quantitative estimate of drug-likeness (QED) is 0.501. The van der Waals surface area contributed by atoms with E-state index in [1.54, 1.807) is 13.8 Å². The Kier molecular flexibility index (Phi) is 8.25. The van der Waals surface area contributed by atoms with Crippen molar-refractivity contribution in [2.24, 2.45) is 0 Å². The normalized spacial score (nSPS) is 12.6. The standard InChI is InChI=1S/C21H22F6N2O4S/c1-4-29(34(31,32)17-6-7-18(33-5-2)13(3)8-17)12-19(30)28-16-10-14(20(22,23)24)9-15(11-16)21(25,26)27/h6-11H,4-5,12H2,1-3H3,(H,28,30). The first-order valence-corrected chi connectivity index (χ1v) is 11.4. The van der Waals surface area contributed by atoms with E-state index in [4.69, 9.17) is 4.74 Å². The molecule has 2 aromatic rings. The molecule has 0 aliphatic heterocycles. The molecule has 13 heteroatoms. The molecular weight excluding hydrogens is 490 g/mol. The van der Waals surface area contributed by atoms with Gasteiger partial charge in [0.25, 0.3) is 0 Å². The number of rotatable bonds is 8. The van der Waals surface area contributed by atoms with Gasteiger partial charge in [0.2, 0.25) is 15.9 Å². The van der Waals surface area contributed by atoms with E-state index >= 15 is 0 Å². The molecule has 0 saturated heterocycles. The van der Waals surface area contributed by atoms with Gasteiger partial charge >= 0.3 is 12.4 Å². The van der Waals surface area contributed by atoms with E-state index in [1.165, 1.54) is 25.1 Å². The molecule has 0 aromatic heterocycles. The molecule has 0 unspecified atom stereocenters. The number of nitrogens with one attached hydrogen (secondary N) is 1. The Balaban J connectivity index is 2.29. The molecule has 0 heterocycles. The van der Waals surface area contributed by atoms with Crippen molar-refractivity contribution < 1.29 is 44.3 Å². The van der Waals surface area contributed by atoms with Gasteiger partial charge in [-0.1, -0.05) is 6.92 Å². The maximum atomic E-state index is 13.0. The van der Waals surface area contributed by atoms with Crippen molar-refractivity contribution >= 4 is 21.6 Å². The summed E-state index contributed by atoms with van der Waals surface area (Å²) >= 11 is 0. The zero-order chi connectivity index (χ0) is 25.9. The minimum atomic E-state index is -5.09. The van der Waals surface area contributed by atoms with E-state index in [1.807, 2.05) is 5.32 Å². The van der Waals surface area contributed by atoms with Crippen molar-refractivity contribution in [2.45, 2.75) is 38.0 Å². The monoisotopic (exact) mass is 512 g/mol. The molecule has 34 heavy (non-hydrogen) atoms. The van der Waals surface area contributed by atoms with Crippen LogP contribution in [0, 0.1) is 6.92 Å². The molecule has 0 saturated carbocycles. The molecule has 0 aliphatic rings. The number of hydrogen-bond donors (Lipinski definition) is 1. The number of sulfonamides is 1. The highest BCUT2D eigenvalue weighted by Gasteiger charge is 2.37. The molecule has 2 rings (SSSR count). The first-order chi connectivity index (χ1) is 15.6. The second-order valence-corrected chi connectivity index (χ2v) is 9.07. The van der Waals surface area contributed by atoms with Gasteiger partial charge in [-0.05, 0) is 55.8 Å². The minimum absolute atomic E-state index is 0.0767. The number of amides is 1. The SMILES string of the molecule is CCOc1ccc(S(=O)(=O)N(CC)CC(=O)Nc2cc(C(F)(F)F)cc(C(F)(F)F)c2)cc1C. The van der Waals surface area contributed by atoms with Crippen LogP contribution in [0.1, 0.15) is 30.5 Å². The molecule has 0 bridgehead atoms. The average Bonchev–Trinajstić information content (AvgIpc) is 2.71. The fourth-order valence-electron chi connectivity index (χ4n) is 3.00. The lowest BCUT2D eigenvalue weighted by atomic mass is 10.1. The van der Waals surface area contributed by atoms with E-state index < -0.39 is 51.6 Å². The number of halogens is 6. The number of aryl methyl sites for hydroxylation is 1. The topological polar surface area (TPSA) is 75.7 Å². The van der Waals surface area contributed by atoms with Gasteiger partial charge in [0.05, 0.1) is 29.2 Å². The van der Waals surface area contributed by atoms with Gasteiger partial charge in [0.15, 0.2) is 0 Å². The largest absolute Gasteiger partial charge is 0.494 e. The maximum absolute atomic E-state index is 13.0. The predicted molar refractivity (Wildman–Crippen MR) is 112 cm³/mol. The van der Waals surface area contributed by atoms with Crippen molar-refractivity contribution in [1.82, 2.24) is 4.31 Å². The smallest absolute Gasteiger partial charge is 0.416 e. The lowest BCUT2D eigenvalue weighted by Gasteiger charge is -2.21. The number of carbonyl (C=O) groups is 1. The van der Waals surface area contributed by atoms with Crippen LogP contribution in [0.15, 0.2) is 41.3 Å². The molecular formula is C21H22F6N2O4S. The van der Waals surface area contributed by atoms with Crippen LogP contribution in [0.25, 0.3) is 0 Å². The summed E-state index contributed by atoms with van der Waals surface area (Å²) in [7, 11) is -4.20. The van der Waals surface area contributed by atoms with Crippen molar-refractivity contribution in [1.29, 1.82) is 0 Å². The third kappa shape index (κ3) is 6.63. The van der Waals surface area contributed by atoms with Gasteiger partial charge < -0.3 is 10.1 Å². The van der Waals surface area contributed by atoms with E-state index in [2.05, 4.69) is 0 Å².